The van der Waals surface area contributed by atoms with E-state index < -0.39 is 0 Å². The Morgan fingerprint density at radius 1 is 1.33 bits per heavy atom. The largest absolute Gasteiger partial charge is 0.326 e. The Hall–Kier alpha value is -0.340. The first kappa shape index (κ1) is 9.75. The highest BCUT2D eigenvalue weighted by Gasteiger charge is 1.99. The third kappa shape index (κ3) is 2.32. The Morgan fingerprint density at radius 3 is 2.67 bits per heavy atom. The van der Waals surface area contributed by atoms with Crippen molar-refractivity contribution in [1.82, 2.24) is 0 Å². The molecule has 0 bridgehead atoms. The Labute approximate surface area is 82.1 Å². The molecule has 1 aromatic carbocycles. The van der Waals surface area contributed by atoms with Crippen molar-refractivity contribution >= 4 is 15.9 Å². The third-order valence-corrected chi connectivity index (χ3v) is 2.40. The van der Waals surface area contributed by atoms with Crippen molar-refractivity contribution in [3.63, 3.8) is 0 Å². The van der Waals surface area contributed by atoms with Crippen LogP contribution in [0.4, 0.5) is 0 Å². The van der Waals surface area contributed by atoms with Gasteiger partial charge >= 0.3 is 0 Å². The number of hydrogen-bond donors (Lipinski definition) is 1. The highest BCUT2D eigenvalue weighted by atomic mass is 79.9. The summed E-state index contributed by atoms with van der Waals surface area (Å²) in [6, 6.07) is 6.29. The van der Waals surface area contributed by atoms with Crippen molar-refractivity contribution in [3.05, 3.63) is 33.8 Å². The molecule has 0 saturated carbocycles. The molecule has 0 fully saturated rings. The van der Waals surface area contributed by atoms with E-state index in [4.69, 9.17) is 5.73 Å². The molecule has 66 valence electrons. The van der Waals surface area contributed by atoms with E-state index in [1.165, 1.54) is 17.5 Å². The smallest absolute Gasteiger partial charge is 0.0180 e. The van der Waals surface area contributed by atoms with E-state index >= 15 is 0 Å². The molecule has 0 saturated heterocycles. The maximum atomic E-state index is 5.62. The molecule has 0 aliphatic carbocycles. The van der Waals surface area contributed by atoms with Gasteiger partial charge in [-0.1, -0.05) is 35.3 Å². The molecular formula is C10H14BrN. The monoisotopic (exact) mass is 227 g/mol. The number of benzene rings is 1. The van der Waals surface area contributed by atoms with Gasteiger partial charge in [0, 0.05) is 11.0 Å². The van der Waals surface area contributed by atoms with Crippen molar-refractivity contribution in [3.8, 4) is 0 Å². The molecule has 0 heterocycles. The zero-order valence-corrected chi connectivity index (χ0v) is 8.89. The van der Waals surface area contributed by atoms with Gasteiger partial charge in [-0.05, 0) is 29.7 Å². The van der Waals surface area contributed by atoms with E-state index in [0.29, 0.717) is 6.54 Å². The summed E-state index contributed by atoms with van der Waals surface area (Å²) in [6.07, 6.45) is 2.29. The molecule has 2 N–H and O–H groups in total. The molecular weight excluding hydrogens is 214 g/mol. The van der Waals surface area contributed by atoms with Crippen molar-refractivity contribution in [2.75, 3.05) is 0 Å². The van der Waals surface area contributed by atoms with Crippen LogP contribution in [-0.2, 0) is 13.0 Å². The topological polar surface area (TPSA) is 26.0 Å². The molecule has 0 radical (unpaired) electrons. The maximum absolute atomic E-state index is 5.62. The van der Waals surface area contributed by atoms with Crippen LogP contribution < -0.4 is 5.73 Å². The molecule has 0 atom stereocenters. The van der Waals surface area contributed by atoms with Crippen LogP contribution in [0.25, 0.3) is 0 Å². The Morgan fingerprint density at radius 2 is 2.08 bits per heavy atom. The second kappa shape index (κ2) is 4.63. The van der Waals surface area contributed by atoms with Crippen molar-refractivity contribution in [2.45, 2.75) is 26.3 Å². The van der Waals surface area contributed by atoms with E-state index in [0.717, 1.165) is 10.9 Å². The fourth-order valence-electron chi connectivity index (χ4n) is 1.30. The number of nitrogens with two attached hydrogens (primary N) is 1. The summed E-state index contributed by atoms with van der Waals surface area (Å²) in [4.78, 5) is 0. The summed E-state index contributed by atoms with van der Waals surface area (Å²) in [5.74, 6) is 0. The van der Waals surface area contributed by atoms with Crippen LogP contribution >= 0.6 is 15.9 Å². The van der Waals surface area contributed by atoms with Gasteiger partial charge in [-0.25, -0.2) is 0 Å². The van der Waals surface area contributed by atoms with Gasteiger partial charge in [0.1, 0.15) is 0 Å². The van der Waals surface area contributed by atoms with Crippen LogP contribution in [0.15, 0.2) is 22.7 Å². The minimum Gasteiger partial charge on any atom is -0.326 e. The second-order valence-electron chi connectivity index (χ2n) is 2.87. The van der Waals surface area contributed by atoms with Crippen molar-refractivity contribution in [1.29, 1.82) is 0 Å². The minimum atomic E-state index is 0.641. The van der Waals surface area contributed by atoms with Gasteiger partial charge in [-0.3, -0.25) is 0 Å². The maximum Gasteiger partial charge on any atom is 0.0180 e. The van der Waals surface area contributed by atoms with Crippen molar-refractivity contribution < 1.29 is 0 Å². The minimum absolute atomic E-state index is 0.641. The average Bonchev–Trinajstić information content (AvgIpc) is 2.05. The normalized spacial score (nSPS) is 10.2. The van der Waals surface area contributed by atoms with Crippen LogP contribution in [0.2, 0.25) is 0 Å². The summed E-state index contributed by atoms with van der Waals surface area (Å²) in [5.41, 5.74) is 8.25. The number of hydrogen-bond acceptors (Lipinski definition) is 1. The molecule has 1 rings (SSSR count). The van der Waals surface area contributed by atoms with Crippen LogP contribution in [0.1, 0.15) is 24.5 Å². The molecule has 0 spiro atoms. The van der Waals surface area contributed by atoms with Gasteiger partial charge in [0.15, 0.2) is 0 Å². The van der Waals surface area contributed by atoms with Crippen molar-refractivity contribution in [2.24, 2.45) is 5.73 Å². The standard InChI is InChI=1S/C10H14BrN/c1-2-3-8-6-10(11)5-4-9(8)7-12/h4-6H,2-3,7,12H2,1H3. The highest BCUT2D eigenvalue weighted by molar-refractivity contribution is 9.10. The fraction of sp³-hybridized carbons (Fsp3) is 0.400. The SMILES string of the molecule is CCCc1cc(Br)ccc1CN. The Bertz CT molecular complexity index is 258. The van der Waals surface area contributed by atoms with E-state index in [-0.39, 0.29) is 0 Å². The highest BCUT2D eigenvalue weighted by Crippen LogP contribution is 2.17. The van der Waals surface area contributed by atoms with Crippen LogP contribution in [0, 0.1) is 0 Å². The van der Waals surface area contributed by atoms with E-state index in [2.05, 4.69) is 35.0 Å². The predicted octanol–water partition coefficient (Wildman–Crippen LogP) is 2.86. The molecule has 0 unspecified atom stereocenters. The molecule has 0 aliphatic heterocycles. The number of halogens is 1. The molecule has 2 heteroatoms. The second-order valence-corrected chi connectivity index (χ2v) is 3.78. The summed E-state index contributed by atoms with van der Waals surface area (Å²) < 4.78 is 1.14. The van der Waals surface area contributed by atoms with Gasteiger partial charge < -0.3 is 5.73 Å². The first-order valence-electron chi connectivity index (χ1n) is 4.25. The van der Waals surface area contributed by atoms with Gasteiger partial charge in [-0.2, -0.15) is 0 Å². The summed E-state index contributed by atoms with van der Waals surface area (Å²) >= 11 is 3.45. The van der Waals surface area contributed by atoms with E-state index in [9.17, 15) is 0 Å². The molecule has 1 nitrogen and oxygen atoms in total. The van der Waals surface area contributed by atoms with Crippen LogP contribution in [0.3, 0.4) is 0 Å². The molecule has 0 amide bonds. The molecule has 12 heavy (non-hydrogen) atoms. The van der Waals surface area contributed by atoms with Gasteiger partial charge in [0.25, 0.3) is 0 Å². The molecule has 1 aromatic rings. The lowest BCUT2D eigenvalue weighted by Gasteiger charge is -2.06. The summed E-state index contributed by atoms with van der Waals surface area (Å²) in [7, 11) is 0. The number of rotatable bonds is 3. The van der Waals surface area contributed by atoms with E-state index in [1.807, 2.05) is 6.07 Å². The first-order valence-corrected chi connectivity index (χ1v) is 5.04. The fourth-order valence-corrected chi connectivity index (χ4v) is 1.70. The number of aryl methyl sites for hydroxylation is 1. The van der Waals surface area contributed by atoms with Crippen LogP contribution in [-0.4, -0.2) is 0 Å². The average molecular weight is 228 g/mol. The third-order valence-electron chi connectivity index (χ3n) is 1.91. The first-order chi connectivity index (χ1) is 5.77. The lowest BCUT2D eigenvalue weighted by molar-refractivity contribution is 0.892. The Balaban J connectivity index is 2.95. The Kier molecular flexibility index (Phi) is 3.76. The van der Waals surface area contributed by atoms with Gasteiger partial charge in [0.2, 0.25) is 0 Å². The lowest BCUT2D eigenvalue weighted by atomic mass is 10.0. The summed E-state index contributed by atoms with van der Waals surface area (Å²) in [6.45, 7) is 2.82. The zero-order valence-electron chi connectivity index (χ0n) is 7.31. The van der Waals surface area contributed by atoms with Crippen LogP contribution in [0.5, 0.6) is 0 Å². The van der Waals surface area contributed by atoms with E-state index in [1.54, 1.807) is 0 Å². The summed E-state index contributed by atoms with van der Waals surface area (Å²) in [5, 5.41) is 0. The molecule has 0 aliphatic rings. The van der Waals surface area contributed by atoms with Gasteiger partial charge in [-0.15, -0.1) is 0 Å². The predicted molar refractivity (Wildman–Crippen MR) is 56.0 cm³/mol. The van der Waals surface area contributed by atoms with Gasteiger partial charge in [0.05, 0.1) is 0 Å². The quantitative estimate of drug-likeness (QED) is 0.845. The zero-order chi connectivity index (χ0) is 8.97. The molecule has 0 aromatic heterocycles. The lowest BCUT2D eigenvalue weighted by Crippen LogP contribution is -2.01.